The molecule has 0 atom stereocenters. The van der Waals surface area contributed by atoms with E-state index in [9.17, 15) is 5.11 Å². The number of aromatic hydroxyl groups is 1. The Bertz CT molecular complexity index is 720. The number of benzene rings is 2. The lowest BCUT2D eigenvalue weighted by Crippen LogP contribution is -1.89. The SMILES string of the molecule is Cc1ccc(Oc2cc3ccccc3cc2O)nc1. The Balaban J connectivity index is 2.00. The molecule has 0 unspecified atom stereocenters. The number of nitrogens with zero attached hydrogens (tertiary/aromatic N) is 1. The zero-order valence-electron chi connectivity index (χ0n) is 10.5. The van der Waals surface area contributed by atoms with E-state index in [1.54, 1.807) is 18.3 Å². The molecule has 19 heavy (non-hydrogen) atoms. The van der Waals surface area contributed by atoms with Crippen LogP contribution < -0.4 is 4.74 Å². The molecule has 3 nitrogen and oxygen atoms in total. The van der Waals surface area contributed by atoms with Crippen LogP contribution in [0.1, 0.15) is 5.56 Å². The Morgan fingerprint density at radius 1 is 1.00 bits per heavy atom. The minimum absolute atomic E-state index is 0.112. The number of fused-ring (bicyclic) bond motifs is 1. The van der Waals surface area contributed by atoms with Gasteiger partial charge in [-0.3, -0.25) is 0 Å². The van der Waals surface area contributed by atoms with Crippen LogP contribution in [0.25, 0.3) is 10.8 Å². The van der Waals surface area contributed by atoms with Gasteiger partial charge in [-0.1, -0.05) is 30.3 Å². The maximum atomic E-state index is 9.97. The lowest BCUT2D eigenvalue weighted by Gasteiger charge is -2.08. The van der Waals surface area contributed by atoms with Crippen molar-refractivity contribution in [2.45, 2.75) is 6.92 Å². The molecule has 0 radical (unpaired) electrons. The van der Waals surface area contributed by atoms with Crippen LogP contribution in [0.15, 0.2) is 54.7 Å². The van der Waals surface area contributed by atoms with Gasteiger partial charge >= 0.3 is 0 Å². The molecule has 0 saturated carbocycles. The minimum Gasteiger partial charge on any atom is -0.504 e. The number of rotatable bonds is 2. The van der Waals surface area contributed by atoms with Gasteiger partial charge in [0.15, 0.2) is 11.5 Å². The highest BCUT2D eigenvalue weighted by atomic mass is 16.5. The number of aryl methyl sites for hydroxylation is 1. The van der Waals surface area contributed by atoms with E-state index in [1.807, 2.05) is 43.3 Å². The van der Waals surface area contributed by atoms with Gasteiger partial charge < -0.3 is 9.84 Å². The zero-order valence-corrected chi connectivity index (χ0v) is 10.5. The van der Waals surface area contributed by atoms with Crippen molar-refractivity contribution in [3.05, 3.63) is 60.3 Å². The monoisotopic (exact) mass is 251 g/mol. The Morgan fingerprint density at radius 3 is 2.42 bits per heavy atom. The Labute approximate surface area is 111 Å². The van der Waals surface area contributed by atoms with Crippen molar-refractivity contribution in [2.24, 2.45) is 0 Å². The lowest BCUT2D eigenvalue weighted by molar-refractivity contribution is 0.403. The van der Waals surface area contributed by atoms with Gasteiger partial charge in [0, 0.05) is 12.3 Å². The molecule has 0 saturated heterocycles. The van der Waals surface area contributed by atoms with Gasteiger partial charge in [-0.2, -0.15) is 0 Å². The van der Waals surface area contributed by atoms with Crippen molar-refractivity contribution in [1.82, 2.24) is 4.98 Å². The van der Waals surface area contributed by atoms with E-state index in [0.29, 0.717) is 11.6 Å². The van der Waals surface area contributed by atoms with Crippen LogP contribution >= 0.6 is 0 Å². The summed E-state index contributed by atoms with van der Waals surface area (Å²) in [6.07, 6.45) is 1.73. The number of phenolic OH excluding ortho intramolecular Hbond substituents is 1. The van der Waals surface area contributed by atoms with Gasteiger partial charge in [0.2, 0.25) is 5.88 Å². The van der Waals surface area contributed by atoms with E-state index in [2.05, 4.69) is 4.98 Å². The topological polar surface area (TPSA) is 42.4 Å². The fourth-order valence-corrected chi connectivity index (χ4v) is 1.92. The maximum Gasteiger partial charge on any atom is 0.219 e. The van der Waals surface area contributed by atoms with E-state index in [0.717, 1.165) is 16.3 Å². The van der Waals surface area contributed by atoms with Gasteiger partial charge in [0.05, 0.1) is 0 Å². The molecule has 0 spiro atoms. The molecular formula is C16H13NO2. The Hall–Kier alpha value is -2.55. The number of phenols is 1. The van der Waals surface area contributed by atoms with Gasteiger partial charge in [-0.15, -0.1) is 0 Å². The summed E-state index contributed by atoms with van der Waals surface area (Å²) >= 11 is 0. The second kappa shape index (κ2) is 4.61. The zero-order chi connectivity index (χ0) is 13.2. The predicted molar refractivity (Wildman–Crippen MR) is 74.7 cm³/mol. The first kappa shape index (κ1) is 11.5. The average molecular weight is 251 g/mol. The van der Waals surface area contributed by atoms with Gasteiger partial charge in [0.25, 0.3) is 0 Å². The lowest BCUT2D eigenvalue weighted by atomic mass is 10.1. The highest BCUT2D eigenvalue weighted by Crippen LogP contribution is 2.33. The second-order valence-electron chi connectivity index (χ2n) is 4.44. The molecule has 3 rings (SSSR count). The predicted octanol–water partition coefficient (Wildman–Crippen LogP) is 4.04. The fraction of sp³-hybridized carbons (Fsp3) is 0.0625. The largest absolute Gasteiger partial charge is 0.504 e. The first-order valence-corrected chi connectivity index (χ1v) is 6.05. The van der Waals surface area contributed by atoms with E-state index >= 15 is 0 Å². The third-order valence-corrected chi connectivity index (χ3v) is 2.93. The van der Waals surface area contributed by atoms with Crippen molar-refractivity contribution in [2.75, 3.05) is 0 Å². The third kappa shape index (κ3) is 2.36. The average Bonchev–Trinajstić information content (AvgIpc) is 2.42. The van der Waals surface area contributed by atoms with Crippen LogP contribution in [0, 0.1) is 6.92 Å². The maximum absolute atomic E-state index is 9.97. The number of pyridine rings is 1. The first-order valence-electron chi connectivity index (χ1n) is 6.05. The highest BCUT2D eigenvalue weighted by molar-refractivity contribution is 5.85. The third-order valence-electron chi connectivity index (χ3n) is 2.93. The van der Waals surface area contributed by atoms with Crippen molar-refractivity contribution in [3.63, 3.8) is 0 Å². The summed E-state index contributed by atoms with van der Waals surface area (Å²) in [5.74, 6) is 0.993. The van der Waals surface area contributed by atoms with Crippen LogP contribution in [0.5, 0.6) is 17.4 Å². The van der Waals surface area contributed by atoms with Crippen molar-refractivity contribution >= 4 is 10.8 Å². The van der Waals surface area contributed by atoms with E-state index in [4.69, 9.17) is 4.74 Å². The van der Waals surface area contributed by atoms with E-state index in [1.165, 1.54) is 0 Å². The molecule has 1 N–H and O–H groups in total. The molecule has 94 valence electrons. The van der Waals surface area contributed by atoms with Crippen LogP contribution in [-0.4, -0.2) is 10.1 Å². The number of ether oxygens (including phenoxy) is 1. The van der Waals surface area contributed by atoms with Crippen molar-refractivity contribution in [3.8, 4) is 17.4 Å². The normalized spacial score (nSPS) is 10.6. The summed E-state index contributed by atoms with van der Waals surface area (Å²) in [6.45, 7) is 1.96. The quantitative estimate of drug-likeness (QED) is 0.747. The van der Waals surface area contributed by atoms with E-state index in [-0.39, 0.29) is 5.75 Å². The van der Waals surface area contributed by atoms with Crippen LogP contribution in [-0.2, 0) is 0 Å². The minimum atomic E-state index is 0.112. The molecular weight excluding hydrogens is 238 g/mol. The van der Waals surface area contributed by atoms with Crippen LogP contribution in [0.2, 0.25) is 0 Å². The van der Waals surface area contributed by atoms with Crippen LogP contribution in [0.3, 0.4) is 0 Å². The molecule has 0 aliphatic heterocycles. The number of aromatic nitrogens is 1. The molecule has 1 aromatic heterocycles. The summed E-state index contributed by atoms with van der Waals surface area (Å²) in [6, 6.07) is 15.0. The smallest absolute Gasteiger partial charge is 0.219 e. The Kier molecular flexibility index (Phi) is 2.80. The highest BCUT2D eigenvalue weighted by Gasteiger charge is 2.06. The second-order valence-corrected chi connectivity index (χ2v) is 4.44. The molecule has 0 amide bonds. The summed E-state index contributed by atoms with van der Waals surface area (Å²) in [5, 5.41) is 12.0. The summed E-state index contributed by atoms with van der Waals surface area (Å²) < 4.78 is 5.61. The van der Waals surface area contributed by atoms with E-state index < -0.39 is 0 Å². The Morgan fingerprint density at radius 2 is 1.74 bits per heavy atom. The molecule has 0 bridgehead atoms. The van der Waals surface area contributed by atoms with Crippen molar-refractivity contribution < 1.29 is 9.84 Å². The summed E-state index contributed by atoms with van der Waals surface area (Å²) in [4.78, 5) is 4.16. The first-order chi connectivity index (χ1) is 9.22. The molecule has 2 aromatic carbocycles. The molecule has 1 heterocycles. The van der Waals surface area contributed by atoms with Gasteiger partial charge in [0.1, 0.15) is 0 Å². The molecule has 3 heteroatoms. The molecule has 0 fully saturated rings. The number of hydrogen-bond donors (Lipinski definition) is 1. The molecule has 0 aliphatic carbocycles. The standard InChI is InChI=1S/C16H13NO2/c1-11-6-7-16(17-10-11)19-15-9-13-5-3-2-4-12(13)8-14(15)18/h2-10,18H,1H3. The summed E-state index contributed by atoms with van der Waals surface area (Å²) in [5.41, 5.74) is 1.06. The van der Waals surface area contributed by atoms with Gasteiger partial charge in [-0.25, -0.2) is 4.98 Å². The molecule has 3 aromatic rings. The van der Waals surface area contributed by atoms with Crippen LogP contribution in [0.4, 0.5) is 0 Å². The fourth-order valence-electron chi connectivity index (χ4n) is 1.92. The summed E-state index contributed by atoms with van der Waals surface area (Å²) in [7, 11) is 0. The van der Waals surface area contributed by atoms with Crippen molar-refractivity contribution in [1.29, 1.82) is 0 Å². The molecule has 0 aliphatic rings. The van der Waals surface area contributed by atoms with Gasteiger partial charge in [-0.05, 0) is 35.4 Å². The number of hydrogen-bond acceptors (Lipinski definition) is 3.